The van der Waals surface area contributed by atoms with E-state index in [0.717, 1.165) is 6.92 Å². The molecule has 0 fully saturated rings. The summed E-state index contributed by atoms with van der Waals surface area (Å²) in [6.07, 6.45) is 0.184. The Hall–Kier alpha value is -2.12. The number of hydrogen-bond donors (Lipinski definition) is 4. The first kappa shape index (κ1) is 10.9. The second kappa shape index (κ2) is 5.52. The highest BCUT2D eigenvalue weighted by Gasteiger charge is 2.11. The van der Waals surface area contributed by atoms with E-state index >= 15 is 0 Å². The molecule has 0 aromatic carbocycles. The minimum Gasteiger partial charge on any atom is -0.277 e. The van der Waals surface area contributed by atoms with E-state index in [2.05, 4.69) is 0 Å². The highest BCUT2D eigenvalue weighted by Crippen LogP contribution is 1.62. The van der Waals surface area contributed by atoms with Crippen molar-refractivity contribution in [1.29, 1.82) is 0 Å². The Morgan fingerprint density at radius 2 is 1.54 bits per heavy atom. The molecule has 0 saturated heterocycles. The van der Waals surface area contributed by atoms with Gasteiger partial charge in [-0.25, -0.2) is 0 Å². The number of amides is 4. The van der Waals surface area contributed by atoms with E-state index in [4.69, 9.17) is 0 Å². The molecule has 4 amide bonds. The van der Waals surface area contributed by atoms with Crippen LogP contribution in [0.5, 0.6) is 0 Å². The van der Waals surface area contributed by atoms with Crippen molar-refractivity contribution in [1.82, 2.24) is 21.7 Å². The van der Waals surface area contributed by atoms with E-state index < -0.39 is 17.7 Å². The first-order valence-corrected chi connectivity index (χ1v) is 3.14. The van der Waals surface area contributed by atoms with Crippen molar-refractivity contribution in [3.8, 4) is 0 Å². The lowest BCUT2D eigenvalue weighted by Crippen LogP contribution is -2.50. The molecule has 0 atom stereocenters. The lowest BCUT2D eigenvalue weighted by molar-refractivity contribution is -0.141. The van der Waals surface area contributed by atoms with Gasteiger partial charge in [0.05, 0.1) is 0 Å². The van der Waals surface area contributed by atoms with Crippen molar-refractivity contribution < 1.29 is 19.2 Å². The van der Waals surface area contributed by atoms with Crippen LogP contribution in [0.2, 0.25) is 0 Å². The van der Waals surface area contributed by atoms with Crippen LogP contribution in [0.1, 0.15) is 6.92 Å². The van der Waals surface area contributed by atoms with Crippen LogP contribution in [-0.2, 0) is 19.2 Å². The molecule has 0 bridgehead atoms. The zero-order chi connectivity index (χ0) is 10.3. The van der Waals surface area contributed by atoms with Crippen molar-refractivity contribution in [3.05, 3.63) is 0 Å². The summed E-state index contributed by atoms with van der Waals surface area (Å²) in [6.45, 7) is 1.15. The fraction of sp³-hybridized carbons (Fsp3) is 0.200. The van der Waals surface area contributed by atoms with Crippen molar-refractivity contribution in [2.24, 2.45) is 0 Å². The summed E-state index contributed by atoms with van der Waals surface area (Å²) in [7, 11) is 0. The summed E-state index contributed by atoms with van der Waals surface area (Å²) in [6, 6.07) is 0. The van der Waals surface area contributed by atoms with Gasteiger partial charge >= 0.3 is 11.8 Å². The van der Waals surface area contributed by atoms with Gasteiger partial charge in [0.25, 0.3) is 0 Å². The lowest BCUT2D eigenvalue weighted by atomic mass is 10.6. The zero-order valence-corrected chi connectivity index (χ0v) is 6.71. The van der Waals surface area contributed by atoms with E-state index in [9.17, 15) is 19.2 Å². The number of hydrazine groups is 2. The minimum absolute atomic E-state index is 0.184. The smallest absolute Gasteiger partial charge is 0.277 e. The number of rotatable bonds is 2. The average Bonchev–Trinajstić information content (AvgIpc) is 2.10. The molecule has 0 radical (unpaired) electrons. The molecule has 0 saturated carbocycles. The molecule has 0 unspecified atom stereocenters. The van der Waals surface area contributed by atoms with E-state index in [1.54, 1.807) is 16.3 Å². The normalized spacial score (nSPS) is 8.08. The van der Waals surface area contributed by atoms with Crippen LogP contribution in [0.3, 0.4) is 0 Å². The van der Waals surface area contributed by atoms with E-state index in [0.29, 0.717) is 0 Å². The molecule has 0 rings (SSSR count). The third-order valence-corrected chi connectivity index (χ3v) is 0.803. The van der Waals surface area contributed by atoms with Crippen LogP contribution in [-0.4, -0.2) is 24.1 Å². The van der Waals surface area contributed by atoms with E-state index in [1.165, 1.54) is 0 Å². The molecule has 0 spiro atoms. The quantitative estimate of drug-likeness (QED) is 0.209. The standard InChI is InChI=1S/C5H8N4O4/c1-3(11)7-9-5(13)4(12)8-6-2-10/h2H,1H3,(H,6,10)(H,7,11)(H,8,12)(H,9,13). The van der Waals surface area contributed by atoms with Gasteiger partial charge in [-0.05, 0) is 0 Å². The lowest BCUT2D eigenvalue weighted by Gasteiger charge is -2.04. The Bertz CT molecular complexity index is 239. The molecule has 0 aliphatic heterocycles. The summed E-state index contributed by atoms with van der Waals surface area (Å²) in [4.78, 5) is 41.2. The molecule has 0 heterocycles. The summed E-state index contributed by atoms with van der Waals surface area (Å²) >= 11 is 0. The van der Waals surface area contributed by atoms with Gasteiger partial charge in [0.1, 0.15) is 0 Å². The Morgan fingerprint density at radius 1 is 1.00 bits per heavy atom. The first-order valence-electron chi connectivity index (χ1n) is 3.14. The molecular weight excluding hydrogens is 180 g/mol. The third-order valence-electron chi connectivity index (χ3n) is 0.803. The van der Waals surface area contributed by atoms with Gasteiger partial charge in [0, 0.05) is 6.92 Å². The summed E-state index contributed by atoms with van der Waals surface area (Å²) in [5, 5.41) is 0. The number of hydrogen-bond acceptors (Lipinski definition) is 4. The number of carbonyl (C=O) groups excluding carboxylic acids is 4. The van der Waals surface area contributed by atoms with Gasteiger partial charge in [0.15, 0.2) is 0 Å². The van der Waals surface area contributed by atoms with Crippen LogP contribution in [0.4, 0.5) is 0 Å². The van der Waals surface area contributed by atoms with Gasteiger partial charge in [-0.1, -0.05) is 0 Å². The third kappa shape index (κ3) is 5.18. The average molecular weight is 188 g/mol. The Labute approximate surface area is 73.0 Å². The Balaban J connectivity index is 3.76. The fourth-order valence-corrected chi connectivity index (χ4v) is 0.353. The Kier molecular flexibility index (Phi) is 4.62. The molecule has 13 heavy (non-hydrogen) atoms. The van der Waals surface area contributed by atoms with Crippen LogP contribution in [0.15, 0.2) is 0 Å². The molecule has 8 nitrogen and oxygen atoms in total. The maximum absolute atomic E-state index is 10.7. The van der Waals surface area contributed by atoms with Crippen molar-refractivity contribution >= 4 is 24.1 Å². The number of carbonyl (C=O) groups is 4. The zero-order valence-electron chi connectivity index (χ0n) is 6.71. The molecule has 0 aromatic rings. The van der Waals surface area contributed by atoms with Crippen LogP contribution < -0.4 is 21.7 Å². The van der Waals surface area contributed by atoms with Gasteiger partial charge in [0.2, 0.25) is 12.3 Å². The molecular formula is C5H8N4O4. The van der Waals surface area contributed by atoms with E-state index in [-0.39, 0.29) is 6.41 Å². The van der Waals surface area contributed by atoms with Crippen LogP contribution in [0, 0.1) is 0 Å². The van der Waals surface area contributed by atoms with E-state index in [1.807, 2.05) is 5.43 Å². The summed E-state index contributed by atoms with van der Waals surface area (Å²) in [5.41, 5.74) is 7.17. The molecule has 0 aliphatic rings. The van der Waals surface area contributed by atoms with Crippen molar-refractivity contribution in [2.45, 2.75) is 6.92 Å². The number of nitrogens with one attached hydrogen (secondary N) is 4. The Morgan fingerprint density at radius 3 is 2.00 bits per heavy atom. The highest BCUT2D eigenvalue weighted by atomic mass is 16.2. The molecule has 0 aliphatic carbocycles. The fourth-order valence-electron chi connectivity index (χ4n) is 0.353. The predicted octanol–water partition coefficient (Wildman–Crippen LogP) is -3.07. The maximum Gasteiger partial charge on any atom is 0.329 e. The minimum atomic E-state index is -1.10. The molecule has 4 N–H and O–H groups in total. The molecule has 8 heteroatoms. The van der Waals surface area contributed by atoms with Crippen molar-refractivity contribution in [3.63, 3.8) is 0 Å². The van der Waals surface area contributed by atoms with Gasteiger partial charge < -0.3 is 0 Å². The van der Waals surface area contributed by atoms with Crippen LogP contribution >= 0.6 is 0 Å². The molecule has 72 valence electrons. The maximum atomic E-state index is 10.7. The SMILES string of the molecule is CC(=O)NNC(=O)C(=O)NNC=O. The second-order valence-electron chi connectivity index (χ2n) is 1.85. The predicted molar refractivity (Wildman–Crippen MR) is 39.3 cm³/mol. The highest BCUT2D eigenvalue weighted by molar-refractivity contribution is 6.35. The summed E-state index contributed by atoms with van der Waals surface area (Å²) < 4.78 is 0. The van der Waals surface area contributed by atoms with Gasteiger partial charge in [-0.15, -0.1) is 0 Å². The van der Waals surface area contributed by atoms with Gasteiger partial charge in [-0.2, -0.15) is 0 Å². The monoisotopic (exact) mass is 188 g/mol. The molecule has 0 aromatic heterocycles. The van der Waals surface area contributed by atoms with Crippen molar-refractivity contribution in [2.75, 3.05) is 0 Å². The second-order valence-corrected chi connectivity index (χ2v) is 1.85. The first-order chi connectivity index (χ1) is 6.07. The van der Waals surface area contributed by atoms with Gasteiger partial charge in [-0.3, -0.25) is 40.9 Å². The summed E-state index contributed by atoms with van der Waals surface area (Å²) in [5.74, 6) is -2.71. The van der Waals surface area contributed by atoms with Crippen LogP contribution in [0.25, 0.3) is 0 Å². The largest absolute Gasteiger partial charge is 0.329 e. The topological polar surface area (TPSA) is 116 Å².